The highest BCUT2D eigenvalue weighted by atomic mass is 19.1. The van der Waals surface area contributed by atoms with Crippen LogP contribution in [0.1, 0.15) is 27.3 Å². The van der Waals surface area contributed by atoms with Crippen LogP contribution in [0.15, 0.2) is 54.6 Å². The van der Waals surface area contributed by atoms with E-state index in [1.54, 1.807) is 13.0 Å². The number of carboxylic acids is 1. The number of aromatic carboxylic acids is 1. The van der Waals surface area contributed by atoms with Gasteiger partial charge in [-0.25, -0.2) is 9.18 Å². The first-order valence-electron chi connectivity index (χ1n) is 7.76. The minimum absolute atomic E-state index is 0.0411. The molecule has 0 saturated carbocycles. The van der Waals surface area contributed by atoms with Crippen molar-refractivity contribution in [3.63, 3.8) is 0 Å². The van der Waals surface area contributed by atoms with Crippen molar-refractivity contribution in [2.24, 2.45) is 0 Å². The van der Waals surface area contributed by atoms with Gasteiger partial charge in [0.05, 0.1) is 6.54 Å². The second-order valence-corrected chi connectivity index (χ2v) is 5.66. The summed E-state index contributed by atoms with van der Waals surface area (Å²) in [7, 11) is 0. The molecule has 0 bridgehead atoms. The highest BCUT2D eigenvalue weighted by Gasteiger charge is 2.13. The number of ether oxygens (including phenoxy) is 1. The summed E-state index contributed by atoms with van der Waals surface area (Å²) in [6, 6.07) is 15.4. The maximum Gasteiger partial charge on any atom is 0.356 e. The largest absolute Gasteiger partial charge is 0.489 e. The van der Waals surface area contributed by atoms with Crippen molar-refractivity contribution in [3.8, 4) is 5.75 Å². The first-order chi connectivity index (χ1) is 12.0. The predicted molar refractivity (Wildman–Crippen MR) is 90.2 cm³/mol. The van der Waals surface area contributed by atoms with E-state index in [9.17, 15) is 9.18 Å². The first-order valence-corrected chi connectivity index (χ1v) is 7.76. The van der Waals surface area contributed by atoms with Gasteiger partial charge in [-0.1, -0.05) is 30.3 Å². The summed E-state index contributed by atoms with van der Waals surface area (Å²) in [5, 5.41) is 13.1. The summed E-state index contributed by atoms with van der Waals surface area (Å²) in [4.78, 5) is 11.0. The Hall–Kier alpha value is -3.15. The smallest absolute Gasteiger partial charge is 0.356 e. The minimum Gasteiger partial charge on any atom is -0.489 e. The van der Waals surface area contributed by atoms with E-state index < -0.39 is 5.97 Å². The van der Waals surface area contributed by atoms with E-state index >= 15 is 0 Å². The average Bonchev–Trinajstić information content (AvgIpc) is 2.96. The number of hydrogen-bond acceptors (Lipinski definition) is 3. The Morgan fingerprint density at radius 2 is 1.96 bits per heavy atom. The van der Waals surface area contributed by atoms with Gasteiger partial charge in [0, 0.05) is 11.3 Å². The van der Waals surface area contributed by atoms with Gasteiger partial charge < -0.3 is 9.84 Å². The quantitative estimate of drug-likeness (QED) is 0.744. The van der Waals surface area contributed by atoms with Crippen LogP contribution in [-0.2, 0) is 13.2 Å². The van der Waals surface area contributed by atoms with Crippen molar-refractivity contribution >= 4 is 5.97 Å². The molecule has 0 spiro atoms. The number of nitrogens with zero attached hydrogens (tertiary/aromatic N) is 2. The second kappa shape index (κ2) is 7.17. The number of aryl methyl sites for hydroxylation is 1. The normalized spacial score (nSPS) is 10.6. The van der Waals surface area contributed by atoms with Crippen LogP contribution in [0.2, 0.25) is 0 Å². The minimum atomic E-state index is -1.10. The number of aromatic nitrogens is 2. The Labute approximate surface area is 144 Å². The van der Waals surface area contributed by atoms with E-state index in [0.29, 0.717) is 23.6 Å². The fourth-order valence-electron chi connectivity index (χ4n) is 2.48. The molecular formula is C19H17FN2O3. The zero-order valence-corrected chi connectivity index (χ0v) is 13.6. The number of halogens is 1. The molecule has 3 rings (SSSR count). The molecule has 0 radical (unpaired) electrons. The lowest BCUT2D eigenvalue weighted by Gasteiger charge is -2.13. The van der Waals surface area contributed by atoms with E-state index in [0.717, 1.165) is 5.56 Å². The lowest BCUT2D eigenvalue weighted by Crippen LogP contribution is -2.08. The number of benzene rings is 2. The molecule has 1 N–H and O–H groups in total. The van der Waals surface area contributed by atoms with Gasteiger partial charge in [0.1, 0.15) is 18.2 Å². The molecule has 0 aliphatic rings. The van der Waals surface area contributed by atoms with Crippen molar-refractivity contribution < 1.29 is 19.0 Å². The molecule has 6 heteroatoms. The third kappa shape index (κ3) is 4.03. The Balaban J connectivity index is 1.83. The molecule has 1 heterocycles. The molecule has 25 heavy (non-hydrogen) atoms. The fourth-order valence-corrected chi connectivity index (χ4v) is 2.48. The molecule has 128 valence electrons. The van der Waals surface area contributed by atoms with Crippen molar-refractivity contribution in [2.45, 2.75) is 20.1 Å². The number of carboxylic acid groups (broad SMARTS) is 1. The maximum absolute atomic E-state index is 13.7. The lowest BCUT2D eigenvalue weighted by atomic mass is 10.2. The third-order valence-corrected chi connectivity index (χ3v) is 3.78. The van der Waals surface area contributed by atoms with E-state index in [1.807, 2.05) is 30.3 Å². The summed E-state index contributed by atoms with van der Waals surface area (Å²) in [5.41, 5.74) is 2.23. The summed E-state index contributed by atoms with van der Waals surface area (Å²) in [6.45, 7) is 2.34. The van der Waals surface area contributed by atoms with Crippen LogP contribution in [0.3, 0.4) is 0 Å². The fraction of sp³-hybridized carbons (Fsp3) is 0.158. The Bertz CT molecular complexity index is 891. The predicted octanol–water partition coefficient (Wildman–Crippen LogP) is 3.66. The highest BCUT2D eigenvalue weighted by Crippen LogP contribution is 2.23. The maximum atomic E-state index is 13.7. The molecule has 2 aromatic carbocycles. The summed E-state index contributed by atoms with van der Waals surface area (Å²) < 4.78 is 21.0. The highest BCUT2D eigenvalue weighted by molar-refractivity contribution is 5.85. The van der Waals surface area contributed by atoms with Gasteiger partial charge >= 0.3 is 5.97 Å². The topological polar surface area (TPSA) is 64.3 Å². The van der Waals surface area contributed by atoms with Crippen LogP contribution in [0.25, 0.3) is 0 Å². The van der Waals surface area contributed by atoms with Crippen molar-refractivity contribution in [2.75, 3.05) is 0 Å². The van der Waals surface area contributed by atoms with Crippen LogP contribution >= 0.6 is 0 Å². The number of carbonyl (C=O) groups is 1. The van der Waals surface area contributed by atoms with Gasteiger partial charge in [-0.2, -0.15) is 5.10 Å². The Morgan fingerprint density at radius 3 is 2.64 bits per heavy atom. The van der Waals surface area contributed by atoms with Crippen LogP contribution in [0.5, 0.6) is 5.75 Å². The molecule has 0 amide bonds. The number of rotatable bonds is 6. The van der Waals surface area contributed by atoms with E-state index in [2.05, 4.69) is 5.10 Å². The first kappa shape index (κ1) is 16.7. The van der Waals surface area contributed by atoms with Gasteiger partial charge in [0.15, 0.2) is 5.69 Å². The zero-order valence-electron chi connectivity index (χ0n) is 13.6. The van der Waals surface area contributed by atoms with Crippen LogP contribution < -0.4 is 4.74 Å². The van der Waals surface area contributed by atoms with Crippen LogP contribution in [0.4, 0.5) is 4.39 Å². The monoisotopic (exact) mass is 340 g/mol. The zero-order chi connectivity index (χ0) is 17.8. The average molecular weight is 340 g/mol. The standard InChI is InChI=1S/C19H17FN2O3/c1-13-9-17(19(23)24)21-22(13)11-15-10-16(20)7-8-18(15)25-12-14-5-3-2-4-6-14/h2-10H,11-12H2,1H3,(H,23,24). The lowest BCUT2D eigenvalue weighted by molar-refractivity contribution is 0.0689. The molecule has 5 nitrogen and oxygen atoms in total. The summed E-state index contributed by atoms with van der Waals surface area (Å²) in [6.07, 6.45) is 0. The van der Waals surface area contributed by atoms with Gasteiger partial charge in [-0.3, -0.25) is 4.68 Å². The summed E-state index contributed by atoms with van der Waals surface area (Å²) >= 11 is 0. The number of hydrogen-bond donors (Lipinski definition) is 1. The molecule has 0 aliphatic heterocycles. The molecule has 0 saturated heterocycles. The molecule has 0 fully saturated rings. The van der Waals surface area contributed by atoms with E-state index in [1.165, 1.54) is 22.9 Å². The molecule has 0 aliphatic carbocycles. The van der Waals surface area contributed by atoms with E-state index in [-0.39, 0.29) is 18.1 Å². The van der Waals surface area contributed by atoms with Gasteiger partial charge in [0.2, 0.25) is 0 Å². The molecule has 0 unspecified atom stereocenters. The van der Waals surface area contributed by atoms with Gasteiger partial charge in [-0.15, -0.1) is 0 Å². The van der Waals surface area contributed by atoms with Crippen LogP contribution in [-0.4, -0.2) is 20.9 Å². The third-order valence-electron chi connectivity index (χ3n) is 3.78. The van der Waals surface area contributed by atoms with Crippen molar-refractivity contribution in [1.82, 2.24) is 9.78 Å². The second-order valence-electron chi connectivity index (χ2n) is 5.66. The Kier molecular flexibility index (Phi) is 4.79. The van der Waals surface area contributed by atoms with Crippen molar-refractivity contribution in [1.29, 1.82) is 0 Å². The van der Waals surface area contributed by atoms with Crippen LogP contribution in [0, 0.1) is 12.7 Å². The molecular weight excluding hydrogens is 323 g/mol. The summed E-state index contributed by atoms with van der Waals surface area (Å²) in [5.74, 6) is -0.941. The molecule has 1 aromatic heterocycles. The van der Waals surface area contributed by atoms with Crippen molar-refractivity contribution in [3.05, 3.63) is 82.9 Å². The van der Waals surface area contributed by atoms with E-state index in [4.69, 9.17) is 9.84 Å². The van der Waals surface area contributed by atoms with Gasteiger partial charge in [-0.05, 0) is 36.8 Å². The molecule has 3 aromatic rings. The Morgan fingerprint density at radius 1 is 1.20 bits per heavy atom. The van der Waals surface area contributed by atoms with Gasteiger partial charge in [0.25, 0.3) is 0 Å². The SMILES string of the molecule is Cc1cc(C(=O)O)nn1Cc1cc(F)ccc1OCc1ccccc1. The molecule has 0 atom stereocenters.